The maximum absolute atomic E-state index is 11.8. The molecule has 0 aliphatic carbocycles. The van der Waals surface area contributed by atoms with Gasteiger partial charge in [0.05, 0.1) is 16.7 Å². The van der Waals surface area contributed by atoms with Gasteiger partial charge in [0.15, 0.2) is 10.3 Å². The van der Waals surface area contributed by atoms with Crippen molar-refractivity contribution >= 4 is 45.2 Å². The van der Waals surface area contributed by atoms with Crippen molar-refractivity contribution in [3.8, 4) is 0 Å². The maximum atomic E-state index is 11.8. The van der Waals surface area contributed by atoms with Crippen molar-refractivity contribution in [1.82, 2.24) is 15.0 Å². The number of hydrogen-bond donors (Lipinski definition) is 2. The molecule has 0 saturated carbocycles. The first kappa shape index (κ1) is 14.1. The molecule has 0 bridgehead atoms. The van der Waals surface area contributed by atoms with Crippen LogP contribution in [0.15, 0.2) is 34.8 Å². The number of H-pyrrole nitrogens is 1. The van der Waals surface area contributed by atoms with Gasteiger partial charge in [-0.05, 0) is 19.1 Å². The summed E-state index contributed by atoms with van der Waals surface area (Å²) in [7, 11) is 0. The van der Waals surface area contributed by atoms with Crippen molar-refractivity contribution in [2.75, 3.05) is 11.1 Å². The Morgan fingerprint density at radius 3 is 3.00 bits per heavy atom. The van der Waals surface area contributed by atoms with Crippen LogP contribution in [0.25, 0.3) is 11.0 Å². The van der Waals surface area contributed by atoms with Gasteiger partial charge in [0.1, 0.15) is 0 Å². The molecular weight excluding hydrogens is 304 g/mol. The summed E-state index contributed by atoms with van der Waals surface area (Å²) in [6, 6.07) is 7.89. The Morgan fingerprint density at radius 2 is 2.24 bits per heavy atom. The van der Waals surface area contributed by atoms with Gasteiger partial charge in [-0.15, -0.1) is 11.3 Å². The lowest BCUT2D eigenvalue weighted by molar-refractivity contribution is -0.115. The fourth-order valence-electron chi connectivity index (χ4n) is 1.83. The number of hydrogen-bond acceptors (Lipinski definition) is 5. The van der Waals surface area contributed by atoms with Crippen LogP contribution in [0.4, 0.5) is 5.13 Å². The number of aryl methyl sites for hydroxylation is 1. The van der Waals surface area contributed by atoms with E-state index in [1.807, 2.05) is 36.6 Å². The van der Waals surface area contributed by atoms with Crippen molar-refractivity contribution in [2.45, 2.75) is 18.5 Å². The predicted molar refractivity (Wildman–Crippen MR) is 86.9 cm³/mol. The number of benzene rings is 1. The number of anilines is 1. The van der Waals surface area contributed by atoms with Gasteiger partial charge in [-0.1, -0.05) is 23.9 Å². The van der Waals surface area contributed by atoms with Crippen LogP contribution >= 0.6 is 23.1 Å². The van der Waals surface area contributed by atoms with Crippen molar-refractivity contribution < 1.29 is 4.79 Å². The number of aromatic amines is 1. The standard InChI is InChI=1S/C14H14N4OS2/c1-9-8-21-13(15-9)18-12(19)6-7-20-14-16-10-4-2-3-5-11(10)17-14/h2-5,8H,6-7H2,1H3,(H,16,17)(H,15,18,19). The minimum atomic E-state index is -0.0204. The third-order valence-corrected chi connectivity index (χ3v) is 4.55. The number of thioether (sulfide) groups is 1. The first-order chi connectivity index (χ1) is 10.2. The molecule has 0 aliphatic heterocycles. The lowest BCUT2D eigenvalue weighted by Gasteiger charge is -2.00. The Hall–Kier alpha value is -1.86. The summed E-state index contributed by atoms with van der Waals surface area (Å²) in [6.07, 6.45) is 0.431. The molecule has 2 aromatic heterocycles. The van der Waals surface area contributed by atoms with E-state index in [1.54, 1.807) is 11.8 Å². The molecule has 3 rings (SSSR count). The summed E-state index contributed by atoms with van der Waals surface area (Å²) in [5.74, 6) is 0.656. The van der Waals surface area contributed by atoms with Crippen LogP contribution in [0.5, 0.6) is 0 Å². The highest BCUT2D eigenvalue weighted by atomic mass is 32.2. The zero-order chi connectivity index (χ0) is 14.7. The number of aromatic nitrogens is 3. The number of rotatable bonds is 5. The quantitative estimate of drug-likeness (QED) is 0.707. The van der Waals surface area contributed by atoms with Gasteiger partial charge in [-0.2, -0.15) is 0 Å². The Labute approximate surface area is 130 Å². The van der Waals surface area contributed by atoms with E-state index in [0.29, 0.717) is 17.3 Å². The average Bonchev–Trinajstić information content (AvgIpc) is 3.04. The zero-order valence-electron chi connectivity index (χ0n) is 11.4. The summed E-state index contributed by atoms with van der Waals surface area (Å²) >= 11 is 2.99. The summed E-state index contributed by atoms with van der Waals surface area (Å²) < 4.78 is 0. The van der Waals surface area contributed by atoms with E-state index in [4.69, 9.17) is 0 Å². The van der Waals surface area contributed by atoms with E-state index in [1.165, 1.54) is 11.3 Å². The maximum Gasteiger partial charge on any atom is 0.226 e. The van der Waals surface area contributed by atoms with Crippen LogP contribution in [-0.2, 0) is 4.79 Å². The lowest BCUT2D eigenvalue weighted by atomic mass is 10.3. The van der Waals surface area contributed by atoms with Crippen LogP contribution in [0.3, 0.4) is 0 Å². The van der Waals surface area contributed by atoms with Gasteiger partial charge < -0.3 is 10.3 Å². The first-order valence-electron chi connectivity index (χ1n) is 6.50. The molecule has 7 heteroatoms. The topological polar surface area (TPSA) is 70.7 Å². The molecule has 2 heterocycles. The number of para-hydroxylation sites is 2. The Bertz CT molecular complexity index is 732. The second-order valence-electron chi connectivity index (χ2n) is 4.50. The van der Waals surface area contributed by atoms with Gasteiger partial charge in [0.2, 0.25) is 5.91 Å². The molecule has 0 fully saturated rings. The summed E-state index contributed by atoms with van der Waals surface area (Å²) in [6.45, 7) is 1.91. The number of nitrogens with one attached hydrogen (secondary N) is 2. The van der Waals surface area contributed by atoms with Crippen LogP contribution in [0, 0.1) is 6.92 Å². The molecule has 5 nitrogen and oxygen atoms in total. The van der Waals surface area contributed by atoms with Crippen LogP contribution < -0.4 is 5.32 Å². The molecule has 0 radical (unpaired) electrons. The van der Waals surface area contributed by atoms with E-state index in [2.05, 4.69) is 20.3 Å². The summed E-state index contributed by atoms with van der Waals surface area (Å²) in [5, 5.41) is 6.22. The summed E-state index contributed by atoms with van der Waals surface area (Å²) in [5.41, 5.74) is 2.89. The van der Waals surface area contributed by atoms with Crippen LogP contribution in [0.1, 0.15) is 12.1 Å². The van der Waals surface area contributed by atoms with Gasteiger partial charge >= 0.3 is 0 Å². The number of fused-ring (bicyclic) bond motifs is 1. The highest BCUT2D eigenvalue weighted by Crippen LogP contribution is 2.20. The molecule has 1 aromatic carbocycles. The van der Waals surface area contributed by atoms with Crippen molar-refractivity contribution in [1.29, 1.82) is 0 Å². The third kappa shape index (κ3) is 3.62. The van der Waals surface area contributed by atoms with Gasteiger partial charge in [-0.25, -0.2) is 9.97 Å². The van der Waals surface area contributed by atoms with Crippen molar-refractivity contribution in [3.05, 3.63) is 35.3 Å². The Morgan fingerprint density at radius 1 is 1.38 bits per heavy atom. The largest absolute Gasteiger partial charge is 0.333 e. The van der Waals surface area contributed by atoms with E-state index >= 15 is 0 Å². The van der Waals surface area contributed by atoms with E-state index in [-0.39, 0.29) is 5.91 Å². The molecule has 0 aliphatic rings. The normalized spacial score (nSPS) is 10.9. The fraction of sp³-hybridized carbons (Fsp3) is 0.214. The molecule has 108 valence electrons. The highest BCUT2D eigenvalue weighted by Gasteiger charge is 2.07. The van der Waals surface area contributed by atoms with Crippen LogP contribution in [-0.4, -0.2) is 26.6 Å². The number of carbonyl (C=O) groups excluding carboxylic acids is 1. The molecule has 1 amide bonds. The molecule has 0 atom stereocenters. The molecule has 3 aromatic rings. The molecule has 0 spiro atoms. The van der Waals surface area contributed by atoms with E-state index in [0.717, 1.165) is 21.9 Å². The number of imidazole rings is 1. The fourth-order valence-corrected chi connectivity index (χ4v) is 3.36. The van der Waals surface area contributed by atoms with E-state index < -0.39 is 0 Å². The van der Waals surface area contributed by atoms with Crippen LogP contribution in [0.2, 0.25) is 0 Å². The predicted octanol–water partition coefficient (Wildman–Crippen LogP) is 3.45. The molecule has 2 N–H and O–H groups in total. The lowest BCUT2D eigenvalue weighted by Crippen LogP contribution is -2.11. The summed E-state index contributed by atoms with van der Waals surface area (Å²) in [4.78, 5) is 23.7. The molecular formula is C14H14N4OS2. The SMILES string of the molecule is Cc1csc(NC(=O)CCSc2nc3ccccc3[nH]2)n1. The number of amides is 1. The van der Waals surface area contributed by atoms with Gasteiger partial charge in [0, 0.05) is 17.6 Å². The van der Waals surface area contributed by atoms with Gasteiger partial charge in [0.25, 0.3) is 0 Å². The molecule has 21 heavy (non-hydrogen) atoms. The monoisotopic (exact) mass is 318 g/mol. The van der Waals surface area contributed by atoms with Crippen molar-refractivity contribution in [3.63, 3.8) is 0 Å². The Balaban J connectivity index is 1.50. The second-order valence-corrected chi connectivity index (χ2v) is 6.44. The second kappa shape index (κ2) is 6.28. The molecule has 0 unspecified atom stereocenters. The van der Waals surface area contributed by atoms with Crippen molar-refractivity contribution in [2.24, 2.45) is 0 Å². The van der Waals surface area contributed by atoms with E-state index in [9.17, 15) is 4.79 Å². The highest BCUT2D eigenvalue weighted by molar-refractivity contribution is 7.99. The number of nitrogens with zero attached hydrogens (tertiary/aromatic N) is 2. The number of thiazole rings is 1. The Kier molecular flexibility index (Phi) is 4.21. The molecule has 0 saturated heterocycles. The zero-order valence-corrected chi connectivity index (χ0v) is 13.1. The minimum Gasteiger partial charge on any atom is -0.333 e. The van der Waals surface area contributed by atoms with Gasteiger partial charge in [-0.3, -0.25) is 4.79 Å². The first-order valence-corrected chi connectivity index (χ1v) is 8.37. The minimum absolute atomic E-state index is 0.0204. The smallest absolute Gasteiger partial charge is 0.226 e. The third-order valence-electron chi connectivity index (χ3n) is 2.80. The average molecular weight is 318 g/mol. The number of carbonyl (C=O) groups is 1.